The zero-order valence-corrected chi connectivity index (χ0v) is 13.8. The summed E-state index contributed by atoms with van der Waals surface area (Å²) in [4.78, 5) is 0. The summed E-state index contributed by atoms with van der Waals surface area (Å²) in [7, 11) is 0. The van der Waals surface area contributed by atoms with E-state index in [0.29, 0.717) is 18.8 Å². The molecular formula is C19H29FO2. The predicted octanol–water partition coefficient (Wildman–Crippen LogP) is 3.62. The lowest BCUT2D eigenvalue weighted by Crippen LogP contribution is -2.56. The second-order valence-electron chi connectivity index (χ2n) is 8.86. The van der Waals surface area contributed by atoms with Crippen molar-refractivity contribution in [1.82, 2.24) is 0 Å². The first-order valence-corrected chi connectivity index (χ1v) is 9.07. The Bertz CT molecular complexity index is 504. The monoisotopic (exact) mass is 308 g/mol. The molecule has 0 radical (unpaired) electrons. The van der Waals surface area contributed by atoms with Crippen molar-refractivity contribution in [3.63, 3.8) is 0 Å². The molecule has 0 spiro atoms. The van der Waals surface area contributed by atoms with Gasteiger partial charge < -0.3 is 10.2 Å². The molecule has 0 saturated heterocycles. The van der Waals surface area contributed by atoms with Crippen molar-refractivity contribution < 1.29 is 14.6 Å². The van der Waals surface area contributed by atoms with Crippen molar-refractivity contribution in [2.24, 2.45) is 28.6 Å². The summed E-state index contributed by atoms with van der Waals surface area (Å²) in [6, 6.07) is 0. The molecule has 4 rings (SSSR count). The zero-order valence-electron chi connectivity index (χ0n) is 13.8. The van der Waals surface area contributed by atoms with Crippen molar-refractivity contribution in [2.75, 3.05) is 0 Å². The summed E-state index contributed by atoms with van der Waals surface area (Å²) in [6.45, 7) is 4.34. The minimum atomic E-state index is -1.12. The first kappa shape index (κ1) is 15.1. The van der Waals surface area contributed by atoms with Gasteiger partial charge >= 0.3 is 0 Å². The Kier molecular flexibility index (Phi) is 3.30. The number of hydrogen-bond donors (Lipinski definition) is 2. The molecule has 0 unspecified atom stereocenters. The van der Waals surface area contributed by atoms with Crippen molar-refractivity contribution in [2.45, 2.75) is 77.2 Å². The first-order chi connectivity index (χ1) is 10.4. The van der Waals surface area contributed by atoms with Gasteiger partial charge in [0.05, 0.1) is 12.2 Å². The summed E-state index contributed by atoms with van der Waals surface area (Å²) < 4.78 is 14.2. The van der Waals surface area contributed by atoms with Gasteiger partial charge in [-0.25, -0.2) is 4.39 Å². The maximum atomic E-state index is 14.2. The van der Waals surface area contributed by atoms with E-state index in [4.69, 9.17) is 0 Å². The first-order valence-electron chi connectivity index (χ1n) is 9.07. The smallest absolute Gasteiger partial charge is 0.127 e. The van der Waals surface area contributed by atoms with Gasteiger partial charge in [0.2, 0.25) is 0 Å². The molecule has 0 aromatic heterocycles. The molecule has 2 N–H and O–H groups in total. The van der Waals surface area contributed by atoms with Crippen LogP contribution in [0.25, 0.3) is 0 Å². The number of aliphatic hydroxyl groups is 2. The zero-order chi connectivity index (χ0) is 15.7. The van der Waals surface area contributed by atoms with Crippen LogP contribution in [0.5, 0.6) is 0 Å². The van der Waals surface area contributed by atoms with E-state index >= 15 is 0 Å². The molecule has 0 aromatic carbocycles. The number of fused-ring (bicyclic) bond motifs is 5. The van der Waals surface area contributed by atoms with Crippen LogP contribution in [0.4, 0.5) is 4.39 Å². The number of aliphatic hydroxyl groups excluding tert-OH is 2. The van der Waals surface area contributed by atoms with Crippen molar-refractivity contribution >= 4 is 0 Å². The van der Waals surface area contributed by atoms with Gasteiger partial charge in [0, 0.05) is 5.41 Å². The Morgan fingerprint density at radius 1 is 1.23 bits per heavy atom. The predicted molar refractivity (Wildman–Crippen MR) is 84.0 cm³/mol. The molecule has 8 atom stereocenters. The molecule has 124 valence electrons. The average molecular weight is 308 g/mol. The summed E-state index contributed by atoms with van der Waals surface area (Å²) in [5.41, 5.74) is 1.19. The Hall–Kier alpha value is -0.410. The van der Waals surface area contributed by atoms with Gasteiger partial charge in [0.1, 0.15) is 6.17 Å². The fourth-order valence-electron chi connectivity index (χ4n) is 6.78. The van der Waals surface area contributed by atoms with Crippen molar-refractivity contribution in [3.05, 3.63) is 11.6 Å². The molecule has 3 heteroatoms. The number of halogens is 1. The number of hydrogen-bond acceptors (Lipinski definition) is 2. The van der Waals surface area contributed by atoms with Gasteiger partial charge in [-0.15, -0.1) is 0 Å². The lowest BCUT2D eigenvalue weighted by molar-refractivity contribution is -0.135. The van der Waals surface area contributed by atoms with Gasteiger partial charge in [-0.2, -0.15) is 0 Å². The second-order valence-corrected chi connectivity index (χ2v) is 8.86. The van der Waals surface area contributed by atoms with Gasteiger partial charge in [-0.1, -0.05) is 31.9 Å². The molecular weight excluding hydrogens is 279 g/mol. The van der Waals surface area contributed by atoms with E-state index in [2.05, 4.69) is 13.0 Å². The molecule has 3 saturated carbocycles. The minimum Gasteiger partial charge on any atom is -0.393 e. The van der Waals surface area contributed by atoms with Crippen LogP contribution in [-0.4, -0.2) is 28.6 Å². The number of alkyl halides is 1. The molecule has 22 heavy (non-hydrogen) atoms. The molecule has 3 fully saturated rings. The maximum absolute atomic E-state index is 14.2. The average Bonchev–Trinajstić information content (AvgIpc) is 2.70. The van der Waals surface area contributed by atoms with Crippen LogP contribution in [0.15, 0.2) is 11.6 Å². The highest BCUT2D eigenvalue weighted by Crippen LogP contribution is 2.65. The fraction of sp³-hybridized carbons (Fsp3) is 0.895. The summed E-state index contributed by atoms with van der Waals surface area (Å²) >= 11 is 0. The standard InChI is InChI=1S/C19H29FO2/c1-18-8-4-3-5-11(18)6-7-12-13-9-14(20)17(22)19(13,2)10-15(21)16(12)18/h6,12-17,21-22H,3-5,7-10H2,1-2H3/t12-,13-,14+,15+,16+,17+,18-,19-/m0/s1. The lowest BCUT2D eigenvalue weighted by Gasteiger charge is -2.58. The van der Waals surface area contributed by atoms with E-state index in [9.17, 15) is 14.6 Å². The Labute approximate surface area is 132 Å². The van der Waals surface area contributed by atoms with E-state index in [1.54, 1.807) is 0 Å². The van der Waals surface area contributed by atoms with Crippen LogP contribution in [0.2, 0.25) is 0 Å². The van der Waals surface area contributed by atoms with Gasteiger partial charge in [-0.3, -0.25) is 0 Å². The number of rotatable bonds is 0. The van der Waals surface area contributed by atoms with E-state index in [1.807, 2.05) is 6.92 Å². The molecule has 4 aliphatic rings. The third-order valence-corrected chi connectivity index (χ3v) is 7.88. The minimum absolute atomic E-state index is 0.0985. The van der Waals surface area contributed by atoms with Gasteiger partial charge in [-0.05, 0) is 61.7 Å². The summed E-state index contributed by atoms with van der Waals surface area (Å²) in [5.74, 6) is 0.793. The Morgan fingerprint density at radius 3 is 2.77 bits per heavy atom. The fourth-order valence-corrected chi connectivity index (χ4v) is 6.78. The summed E-state index contributed by atoms with van der Waals surface area (Å²) in [5, 5.41) is 21.3. The van der Waals surface area contributed by atoms with Crippen LogP contribution in [-0.2, 0) is 0 Å². The van der Waals surface area contributed by atoms with Crippen molar-refractivity contribution in [1.29, 1.82) is 0 Å². The molecule has 0 aliphatic heterocycles. The highest BCUT2D eigenvalue weighted by molar-refractivity contribution is 5.26. The third kappa shape index (κ3) is 1.78. The number of allylic oxidation sites excluding steroid dienone is 2. The largest absolute Gasteiger partial charge is 0.393 e. The summed E-state index contributed by atoms with van der Waals surface area (Å²) in [6.07, 6.45) is 6.80. The van der Waals surface area contributed by atoms with E-state index in [1.165, 1.54) is 24.8 Å². The maximum Gasteiger partial charge on any atom is 0.127 e. The van der Waals surface area contributed by atoms with E-state index in [0.717, 1.165) is 12.8 Å². The van der Waals surface area contributed by atoms with E-state index < -0.39 is 23.8 Å². The van der Waals surface area contributed by atoms with Crippen LogP contribution in [0.1, 0.15) is 58.8 Å². The molecule has 4 aliphatic carbocycles. The highest BCUT2D eigenvalue weighted by atomic mass is 19.1. The lowest BCUT2D eigenvalue weighted by atomic mass is 9.47. The van der Waals surface area contributed by atoms with Crippen molar-refractivity contribution in [3.8, 4) is 0 Å². The van der Waals surface area contributed by atoms with Crippen LogP contribution in [0.3, 0.4) is 0 Å². The second kappa shape index (κ2) is 4.80. The SMILES string of the molecule is C[C@]12C[C@@H](O)[C@H]3[C@@H](CC=C4CCCC[C@@]43C)[C@@H]1C[C@@H](F)[C@H]2O. The molecule has 0 amide bonds. The third-order valence-electron chi connectivity index (χ3n) is 7.88. The Morgan fingerprint density at radius 2 is 2.00 bits per heavy atom. The van der Waals surface area contributed by atoms with Gasteiger partial charge in [0.25, 0.3) is 0 Å². The van der Waals surface area contributed by atoms with Gasteiger partial charge in [0.15, 0.2) is 0 Å². The van der Waals surface area contributed by atoms with E-state index in [-0.39, 0.29) is 17.3 Å². The van der Waals surface area contributed by atoms with Crippen LogP contribution >= 0.6 is 0 Å². The quantitative estimate of drug-likeness (QED) is 0.671. The molecule has 0 aromatic rings. The molecule has 2 nitrogen and oxygen atoms in total. The Balaban J connectivity index is 1.75. The van der Waals surface area contributed by atoms with Crippen LogP contribution < -0.4 is 0 Å². The topological polar surface area (TPSA) is 40.5 Å². The molecule has 0 bridgehead atoms. The highest BCUT2D eigenvalue weighted by Gasteiger charge is 2.63. The normalized spacial score (nSPS) is 57.6. The molecule has 0 heterocycles. The van der Waals surface area contributed by atoms with Crippen LogP contribution in [0, 0.1) is 28.6 Å².